The van der Waals surface area contributed by atoms with Crippen LogP contribution in [0.25, 0.3) is 10.9 Å². The molecule has 0 saturated heterocycles. The van der Waals surface area contributed by atoms with Crippen molar-refractivity contribution in [3.63, 3.8) is 0 Å². The topological polar surface area (TPSA) is 68.1 Å². The van der Waals surface area contributed by atoms with Crippen molar-refractivity contribution in [1.29, 1.82) is 0 Å². The third-order valence-electron chi connectivity index (χ3n) is 2.88. The predicted molar refractivity (Wildman–Crippen MR) is 60.2 cm³/mol. The fourth-order valence-corrected chi connectivity index (χ4v) is 2.22. The maximum Gasteiger partial charge on any atom is 0.221 e. The number of nitrogens with one attached hydrogen (secondary N) is 1. The molecule has 1 aromatic carbocycles. The average Bonchev–Trinajstić information content (AvgIpc) is 2.73. The van der Waals surface area contributed by atoms with Crippen molar-refractivity contribution in [3.05, 3.63) is 30.0 Å². The van der Waals surface area contributed by atoms with Crippen LogP contribution in [0, 0.1) is 0 Å². The number of rotatable bonds is 2. The van der Waals surface area contributed by atoms with Crippen LogP contribution >= 0.6 is 0 Å². The Bertz CT molecular complexity index is 559. The van der Waals surface area contributed by atoms with Crippen molar-refractivity contribution in [1.82, 2.24) is 4.98 Å². The first-order valence-electron chi connectivity index (χ1n) is 5.28. The van der Waals surface area contributed by atoms with Gasteiger partial charge in [0, 0.05) is 17.3 Å². The highest BCUT2D eigenvalue weighted by Gasteiger charge is 2.27. The summed E-state index contributed by atoms with van der Waals surface area (Å²) in [4.78, 5) is 14.1. The van der Waals surface area contributed by atoms with E-state index in [0.717, 1.165) is 28.8 Å². The molecule has 82 valence electrons. The van der Waals surface area contributed by atoms with Gasteiger partial charge in [0.1, 0.15) is 11.9 Å². The monoisotopic (exact) mass is 216 g/mol. The maximum atomic E-state index is 10.8. The van der Waals surface area contributed by atoms with Crippen molar-refractivity contribution in [2.75, 3.05) is 0 Å². The molecule has 1 unspecified atom stereocenters. The van der Waals surface area contributed by atoms with Gasteiger partial charge < -0.3 is 15.5 Å². The van der Waals surface area contributed by atoms with Gasteiger partial charge in [0.2, 0.25) is 5.91 Å². The van der Waals surface area contributed by atoms with Crippen molar-refractivity contribution >= 4 is 16.8 Å². The maximum absolute atomic E-state index is 10.8. The fourth-order valence-electron chi connectivity index (χ4n) is 2.22. The molecule has 0 saturated carbocycles. The number of amides is 1. The minimum Gasteiger partial charge on any atom is -0.487 e. The molecular formula is C12H12N2O2. The molecule has 2 heterocycles. The smallest absolute Gasteiger partial charge is 0.221 e. The average molecular weight is 216 g/mol. The number of aromatic nitrogens is 1. The number of H-pyrrole nitrogens is 1. The molecule has 16 heavy (non-hydrogen) atoms. The standard InChI is InChI=1S/C12H12N2O2/c13-11(15)6-7-5-10-12(16-7)8-3-1-2-4-9(8)14-10/h1-4,7,14H,5-6H2,(H2,13,15). The van der Waals surface area contributed by atoms with Gasteiger partial charge in [-0.25, -0.2) is 0 Å². The summed E-state index contributed by atoms with van der Waals surface area (Å²) in [5.74, 6) is 0.557. The lowest BCUT2D eigenvalue weighted by molar-refractivity contribution is -0.119. The molecule has 4 heteroatoms. The minimum absolute atomic E-state index is 0.108. The Morgan fingerprint density at radius 2 is 2.31 bits per heavy atom. The van der Waals surface area contributed by atoms with Crippen molar-refractivity contribution in [3.8, 4) is 5.75 Å². The summed E-state index contributed by atoms with van der Waals surface area (Å²) in [6.45, 7) is 0. The van der Waals surface area contributed by atoms with Gasteiger partial charge in [-0.3, -0.25) is 4.79 Å². The van der Waals surface area contributed by atoms with Gasteiger partial charge in [-0.1, -0.05) is 12.1 Å². The molecule has 1 aliphatic rings. The van der Waals surface area contributed by atoms with Gasteiger partial charge in [0.05, 0.1) is 12.1 Å². The predicted octanol–water partition coefficient (Wildman–Crippen LogP) is 1.35. The number of carbonyl (C=O) groups excluding carboxylic acids is 1. The number of primary amides is 1. The normalized spacial score (nSPS) is 18.4. The summed E-state index contributed by atoms with van der Waals surface area (Å²) in [6.07, 6.45) is 0.896. The molecule has 0 radical (unpaired) electrons. The molecule has 1 atom stereocenters. The van der Waals surface area contributed by atoms with Crippen LogP contribution in [0.5, 0.6) is 5.75 Å². The quantitative estimate of drug-likeness (QED) is 0.795. The highest BCUT2D eigenvalue weighted by atomic mass is 16.5. The van der Waals surface area contributed by atoms with E-state index in [1.54, 1.807) is 0 Å². The van der Waals surface area contributed by atoms with Gasteiger partial charge in [-0.05, 0) is 12.1 Å². The SMILES string of the molecule is NC(=O)CC1Cc2[nH]c3ccccc3c2O1. The van der Waals surface area contributed by atoms with Crippen LogP contribution in [-0.4, -0.2) is 17.0 Å². The molecule has 1 amide bonds. The van der Waals surface area contributed by atoms with Crippen molar-refractivity contribution < 1.29 is 9.53 Å². The Morgan fingerprint density at radius 3 is 3.12 bits per heavy atom. The number of benzene rings is 1. The van der Waals surface area contributed by atoms with E-state index in [0.29, 0.717) is 0 Å². The van der Waals surface area contributed by atoms with E-state index in [1.165, 1.54) is 0 Å². The summed E-state index contributed by atoms with van der Waals surface area (Å²) < 4.78 is 5.74. The fraction of sp³-hybridized carbons (Fsp3) is 0.250. The Morgan fingerprint density at radius 1 is 1.50 bits per heavy atom. The Labute approximate surface area is 92.4 Å². The second kappa shape index (κ2) is 3.27. The van der Waals surface area contributed by atoms with Gasteiger partial charge in [-0.2, -0.15) is 0 Å². The van der Waals surface area contributed by atoms with Gasteiger partial charge in [0.15, 0.2) is 0 Å². The minimum atomic E-state index is -0.320. The first-order chi connectivity index (χ1) is 7.74. The van der Waals surface area contributed by atoms with E-state index in [-0.39, 0.29) is 18.4 Å². The lowest BCUT2D eigenvalue weighted by atomic mass is 10.1. The molecule has 3 N–H and O–H groups in total. The molecule has 2 aromatic rings. The number of ether oxygens (including phenoxy) is 1. The van der Waals surface area contributed by atoms with Gasteiger partial charge in [-0.15, -0.1) is 0 Å². The summed E-state index contributed by atoms with van der Waals surface area (Å²) in [6, 6.07) is 7.98. The van der Waals surface area contributed by atoms with Crippen molar-refractivity contribution in [2.24, 2.45) is 5.73 Å². The molecule has 0 fully saturated rings. The van der Waals surface area contributed by atoms with Crippen LogP contribution in [-0.2, 0) is 11.2 Å². The van der Waals surface area contributed by atoms with E-state index in [2.05, 4.69) is 4.98 Å². The zero-order valence-corrected chi connectivity index (χ0v) is 8.69. The van der Waals surface area contributed by atoms with Crippen LogP contribution in [0.1, 0.15) is 12.1 Å². The number of hydrogen-bond acceptors (Lipinski definition) is 2. The second-order valence-electron chi connectivity index (χ2n) is 4.09. The van der Waals surface area contributed by atoms with Crippen LogP contribution in [0.2, 0.25) is 0 Å². The number of aromatic amines is 1. The summed E-state index contributed by atoms with van der Waals surface area (Å²) in [5, 5.41) is 1.07. The van der Waals surface area contributed by atoms with Crippen molar-refractivity contribution in [2.45, 2.75) is 18.9 Å². The molecule has 0 bridgehead atoms. The lowest BCUT2D eigenvalue weighted by Gasteiger charge is -2.08. The Balaban J connectivity index is 1.96. The lowest BCUT2D eigenvalue weighted by Crippen LogP contribution is -2.23. The highest BCUT2D eigenvalue weighted by Crippen LogP contribution is 2.36. The summed E-state index contributed by atoms with van der Waals surface area (Å²) in [7, 11) is 0. The molecular weight excluding hydrogens is 204 g/mol. The third kappa shape index (κ3) is 1.34. The van der Waals surface area contributed by atoms with E-state index < -0.39 is 0 Å². The first kappa shape index (κ1) is 9.27. The number of para-hydroxylation sites is 1. The van der Waals surface area contributed by atoms with E-state index in [9.17, 15) is 4.79 Å². The highest BCUT2D eigenvalue weighted by molar-refractivity contribution is 5.88. The zero-order chi connectivity index (χ0) is 11.1. The van der Waals surface area contributed by atoms with E-state index in [4.69, 9.17) is 10.5 Å². The van der Waals surface area contributed by atoms with Gasteiger partial charge >= 0.3 is 0 Å². The number of nitrogens with two attached hydrogens (primary N) is 1. The molecule has 4 nitrogen and oxygen atoms in total. The Kier molecular flexibility index (Phi) is 1.89. The molecule has 1 aromatic heterocycles. The van der Waals surface area contributed by atoms with Crippen LogP contribution in [0.15, 0.2) is 24.3 Å². The van der Waals surface area contributed by atoms with Crippen LogP contribution < -0.4 is 10.5 Å². The van der Waals surface area contributed by atoms with Gasteiger partial charge in [0.25, 0.3) is 0 Å². The molecule has 0 aliphatic carbocycles. The van der Waals surface area contributed by atoms with Crippen LogP contribution in [0.4, 0.5) is 0 Å². The zero-order valence-electron chi connectivity index (χ0n) is 8.69. The first-order valence-corrected chi connectivity index (χ1v) is 5.28. The Hall–Kier alpha value is -1.97. The third-order valence-corrected chi connectivity index (χ3v) is 2.88. The number of fused-ring (bicyclic) bond motifs is 3. The molecule has 1 aliphatic heterocycles. The van der Waals surface area contributed by atoms with E-state index >= 15 is 0 Å². The largest absolute Gasteiger partial charge is 0.487 e. The number of carbonyl (C=O) groups is 1. The summed E-state index contributed by atoms with van der Waals surface area (Å²) >= 11 is 0. The van der Waals surface area contributed by atoms with Crippen LogP contribution in [0.3, 0.4) is 0 Å². The van der Waals surface area contributed by atoms with E-state index in [1.807, 2.05) is 24.3 Å². The molecule has 3 rings (SSSR count). The second-order valence-corrected chi connectivity index (χ2v) is 4.09. The number of hydrogen-bond donors (Lipinski definition) is 2. The summed E-state index contributed by atoms with van der Waals surface area (Å²) in [5.41, 5.74) is 7.30. The molecule has 0 spiro atoms.